The van der Waals surface area contributed by atoms with Crippen molar-refractivity contribution in [2.45, 2.75) is 46.0 Å². The van der Waals surface area contributed by atoms with Gasteiger partial charge in [0.05, 0.1) is 0 Å². The fraction of sp³-hybridized carbons (Fsp3) is 0.438. The van der Waals surface area contributed by atoms with E-state index in [-0.39, 0.29) is 6.42 Å². The van der Waals surface area contributed by atoms with Crippen LogP contribution in [0.3, 0.4) is 0 Å². The molecule has 98 valence electrons. The van der Waals surface area contributed by atoms with Crippen LogP contribution in [0.2, 0.25) is 0 Å². The number of carboxylic acid groups (broad SMARTS) is 1. The van der Waals surface area contributed by atoms with Crippen LogP contribution in [0, 0.1) is 0 Å². The van der Waals surface area contributed by atoms with Gasteiger partial charge in [0.25, 0.3) is 0 Å². The van der Waals surface area contributed by atoms with E-state index in [0.717, 1.165) is 12.0 Å². The minimum absolute atomic E-state index is 0.197. The van der Waals surface area contributed by atoms with Crippen molar-refractivity contribution in [1.29, 1.82) is 0 Å². The van der Waals surface area contributed by atoms with Crippen molar-refractivity contribution < 1.29 is 9.90 Å². The zero-order valence-corrected chi connectivity index (χ0v) is 11.4. The van der Waals surface area contributed by atoms with Gasteiger partial charge in [-0.15, -0.1) is 0 Å². The lowest BCUT2D eigenvalue weighted by Gasteiger charge is -2.10. The normalized spacial score (nSPS) is 13.4. The van der Waals surface area contributed by atoms with Gasteiger partial charge in [0.15, 0.2) is 0 Å². The summed E-state index contributed by atoms with van der Waals surface area (Å²) < 4.78 is 0. The van der Waals surface area contributed by atoms with Crippen LogP contribution in [0.15, 0.2) is 30.3 Å². The van der Waals surface area contributed by atoms with Gasteiger partial charge in [-0.3, -0.25) is 4.79 Å². The average Bonchev–Trinajstić information content (AvgIpc) is 2.37. The van der Waals surface area contributed by atoms with Crippen molar-refractivity contribution in [3.05, 3.63) is 41.5 Å². The minimum atomic E-state index is -0.744. The van der Waals surface area contributed by atoms with Crippen molar-refractivity contribution in [3.8, 4) is 0 Å². The Labute approximate surface area is 109 Å². The molecule has 0 aromatic heterocycles. The van der Waals surface area contributed by atoms with Gasteiger partial charge in [-0.05, 0) is 42.4 Å². The van der Waals surface area contributed by atoms with Gasteiger partial charge < -0.3 is 5.11 Å². The van der Waals surface area contributed by atoms with Gasteiger partial charge in [0.1, 0.15) is 0 Å². The quantitative estimate of drug-likeness (QED) is 0.804. The molecule has 1 aromatic rings. The lowest BCUT2D eigenvalue weighted by atomic mass is 9.96. The first-order chi connectivity index (χ1) is 8.54. The lowest BCUT2D eigenvalue weighted by molar-refractivity contribution is -0.136. The highest BCUT2D eigenvalue weighted by molar-refractivity contribution is 5.68. The van der Waals surface area contributed by atoms with E-state index in [1.165, 1.54) is 11.1 Å². The summed E-state index contributed by atoms with van der Waals surface area (Å²) in [5, 5.41) is 8.59. The fourth-order valence-corrected chi connectivity index (χ4v) is 1.84. The molecule has 1 rings (SSSR count). The van der Waals surface area contributed by atoms with Crippen molar-refractivity contribution in [2.75, 3.05) is 0 Å². The molecule has 0 saturated heterocycles. The average molecular weight is 246 g/mol. The summed E-state index contributed by atoms with van der Waals surface area (Å²) in [5.41, 5.74) is 3.68. The van der Waals surface area contributed by atoms with Crippen LogP contribution in [0.1, 0.15) is 57.1 Å². The molecule has 1 atom stereocenters. The molecule has 0 saturated carbocycles. The predicted molar refractivity (Wildman–Crippen MR) is 75.7 cm³/mol. The third-order valence-corrected chi connectivity index (χ3v) is 3.36. The maximum atomic E-state index is 10.4. The summed E-state index contributed by atoms with van der Waals surface area (Å²) in [4.78, 5) is 10.4. The van der Waals surface area contributed by atoms with Crippen LogP contribution in [0.4, 0.5) is 0 Å². The third-order valence-electron chi connectivity index (χ3n) is 3.36. The Bertz CT molecular complexity index is 415. The Hall–Kier alpha value is -1.57. The maximum absolute atomic E-state index is 10.4. The molecule has 1 unspecified atom stereocenters. The van der Waals surface area contributed by atoms with Crippen molar-refractivity contribution in [1.82, 2.24) is 0 Å². The highest BCUT2D eigenvalue weighted by Crippen LogP contribution is 2.21. The Morgan fingerprint density at radius 1 is 1.33 bits per heavy atom. The van der Waals surface area contributed by atoms with Crippen LogP contribution < -0.4 is 0 Å². The maximum Gasteiger partial charge on any atom is 0.303 e. The second kappa shape index (κ2) is 7.00. The molecule has 0 amide bonds. The summed E-state index contributed by atoms with van der Waals surface area (Å²) >= 11 is 0. The molecule has 0 fully saturated rings. The van der Waals surface area contributed by atoms with Crippen LogP contribution >= 0.6 is 0 Å². The Kier molecular flexibility index (Phi) is 5.63. The summed E-state index contributed by atoms with van der Waals surface area (Å²) in [6.07, 6.45) is 3.93. The molecule has 18 heavy (non-hydrogen) atoms. The number of benzene rings is 1. The number of rotatable bonds is 6. The smallest absolute Gasteiger partial charge is 0.303 e. The second-order valence-corrected chi connectivity index (χ2v) is 4.75. The van der Waals surface area contributed by atoms with Crippen LogP contribution in [-0.2, 0) is 4.79 Å². The van der Waals surface area contributed by atoms with Crippen molar-refractivity contribution in [3.63, 3.8) is 0 Å². The molecule has 2 heteroatoms. The first kappa shape index (κ1) is 14.5. The summed E-state index contributed by atoms with van der Waals surface area (Å²) in [6, 6.07) is 8.57. The Morgan fingerprint density at radius 3 is 2.44 bits per heavy atom. The van der Waals surface area contributed by atoms with Gasteiger partial charge in [-0.25, -0.2) is 0 Å². The molecule has 0 aliphatic carbocycles. The van der Waals surface area contributed by atoms with E-state index >= 15 is 0 Å². The Balaban J connectivity index is 2.69. The molecule has 0 bridgehead atoms. The molecular formula is C16H22O2. The highest BCUT2D eigenvalue weighted by Gasteiger charge is 2.03. The van der Waals surface area contributed by atoms with E-state index in [1.807, 2.05) is 13.0 Å². The molecule has 1 N–H and O–H groups in total. The van der Waals surface area contributed by atoms with Crippen molar-refractivity contribution in [2.24, 2.45) is 0 Å². The van der Waals surface area contributed by atoms with Crippen molar-refractivity contribution >= 4 is 11.5 Å². The van der Waals surface area contributed by atoms with E-state index in [4.69, 9.17) is 5.11 Å². The van der Waals surface area contributed by atoms with Crippen LogP contribution in [0.25, 0.3) is 5.57 Å². The zero-order chi connectivity index (χ0) is 13.5. The van der Waals surface area contributed by atoms with Crippen LogP contribution in [0.5, 0.6) is 0 Å². The largest absolute Gasteiger partial charge is 0.481 e. The molecule has 1 aromatic carbocycles. The van der Waals surface area contributed by atoms with E-state index < -0.39 is 5.97 Å². The standard InChI is InChI=1S/C16H22O2/c1-4-12(2)14-8-10-15(11-9-14)13(3)6-5-7-16(17)18/h6,8-12H,4-5,7H2,1-3H3,(H,17,18)/b13-6+. The van der Waals surface area contributed by atoms with Gasteiger partial charge in [0.2, 0.25) is 0 Å². The van der Waals surface area contributed by atoms with Crippen LogP contribution in [-0.4, -0.2) is 11.1 Å². The predicted octanol–water partition coefficient (Wildman–Crippen LogP) is 4.47. The summed E-state index contributed by atoms with van der Waals surface area (Å²) in [6.45, 7) is 6.44. The topological polar surface area (TPSA) is 37.3 Å². The number of hydrogen-bond donors (Lipinski definition) is 1. The van der Waals surface area contributed by atoms with E-state index in [2.05, 4.69) is 38.1 Å². The minimum Gasteiger partial charge on any atom is -0.481 e. The summed E-state index contributed by atoms with van der Waals surface area (Å²) in [5.74, 6) is -0.151. The van der Waals surface area contributed by atoms with Gasteiger partial charge in [-0.1, -0.05) is 44.2 Å². The van der Waals surface area contributed by atoms with Gasteiger partial charge in [-0.2, -0.15) is 0 Å². The first-order valence-corrected chi connectivity index (χ1v) is 6.53. The lowest BCUT2D eigenvalue weighted by Crippen LogP contribution is -1.93. The van der Waals surface area contributed by atoms with E-state index in [1.54, 1.807) is 0 Å². The molecular weight excluding hydrogens is 224 g/mol. The molecule has 0 heterocycles. The Morgan fingerprint density at radius 2 is 1.94 bits per heavy atom. The number of allylic oxidation sites excluding steroid dienone is 2. The van der Waals surface area contributed by atoms with E-state index in [0.29, 0.717) is 12.3 Å². The second-order valence-electron chi connectivity index (χ2n) is 4.75. The number of hydrogen-bond acceptors (Lipinski definition) is 1. The van der Waals surface area contributed by atoms with Gasteiger partial charge >= 0.3 is 5.97 Å². The molecule has 0 spiro atoms. The third kappa shape index (κ3) is 4.36. The SMILES string of the molecule is CCC(C)c1ccc(/C(C)=C/CCC(=O)O)cc1. The number of aliphatic carboxylic acids is 1. The number of carboxylic acids is 1. The molecule has 0 radical (unpaired) electrons. The zero-order valence-electron chi connectivity index (χ0n) is 11.4. The monoisotopic (exact) mass is 246 g/mol. The van der Waals surface area contributed by atoms with E-state index in [9.17, 15) is 4.79 Å². The fourth-order valence-electron chi connectivity index (χ4n) is 1.84. The molecule has 0 aliphatic rings. The number of carbonyl (C=O) groups is 1. The molecule has 2 nitrogen and oxygen atoms in total. The molecule has 0 aliphatic heterocycles. The first-order valence-electron chi connectivity index (χ1n) is 6.53. The van der Waals surface area contributed by atoms with Gasteiger partial charge in [0, 0.05) is 6.42 Å². The summed E-state index contributed by atoms with van der Waals surface area (Å²) in [7, 11) is 0. The highest BCUT2D eigenvalue weighted by atomic mass is 16.4.